The number of carbonyl (C=O) groups excluding carboxylic acids is 2. The summed E-state index contributed by atoms with van der Waals surface area (Å²) >= 11 is 0. The van der Waals surface area contributed by atoms with Crippen LogP contribution in [0.25, 0.3) is 5.57 Å². The molecule has 0 aromatic heterocycles. The number of ether oxygens (including phenoxy) is 1. The Hall–Kier alpha value is -2.30. The number of carbonyl (C=O) groups is 2. The van der Waals surface area contributed by atoms with Crippen LogP contribution in [-0.2, 0) is 9.59 Å². The summed E-state index contributed by atoms with van der Waals surface area (Å²) < 4.78 is 5.46. The number of nitrogens with zero attached hydrogens (tertiary/aromatic N) is 2. The first-order valence-corrected chi connectivity index (χ1v) is 9.07. The van der Waals surface area contributed by atoms with Crippen molar-refractivity contribution in [3.05, 3.63) is 35.5 Å². The van der Waals surface area contributed by atoms with Crippen molar-refractivity contribution in [3.63, 3.8) is 0 Å². The summed E-state index contributed by atoms with van der Waals surface area (Å²) in [7, 11) is 1.59. The number of piperidine rings is 1. The molecule has 0 N–H and O–H groups in total. The monoisotopic (exact) mass is 342 g/mol. The largest absolute Gasteiger partial charge is 0.496 e. The molecule has 1 fully saturated rings. The molecule has 0 radical (unpaired) electrons. The molecule has 2 amide bonds. The van der Waals surface area contributed by atoms with Crippen molar-refractivity contribution in [2.24, 2.45) is 5.92 Å². The lowest BCUT2D eigenvalue weighted by Gasteiger charge is -2.33. The molecule has 0 saturated carbocycles. The number of amides is 2. The lowest BCUT2D eigenvalue weighted by atomic mass is 9.97. The van der Waals surface area contributed by atoms with Crippen molar-refractivity contribution in [2.45, 2.75) is 33.1 Å². The fourth-order valence-corrected chi connectivity index (χ4v) is 3.77. The molecule has 0 aliphatic carbocycles. The Morgan fingerprint density at radius 1 is 1.20 bits per heavy atom. The van der Waals surface area contributed by atoms with Gasteiger partial charge in [-0.3, -0.25) is 14.5 Å². The lowest BCUT2D eigenvalue weighted by Crippen LogP contribution is -2.39. The van der Waals surface area contributed by atoms with E-state index in [1.165, 1.54) is 4.90 Å². The number of imide groups is 1. The molecule has 2 aliphatic heterocycles. The molecule has 1 unspecified atom stereocenters. The molecule has 134 valence electrons. The van der Waals surface area contributed by atoms with Crippen LogP contribution in [-0.4, -0.2) is 48.4 Å². The zero-order valence-electron chi connectivity index (χ0n) is 15.2. The van der Waals surface area contributed by atoms with Crippen molar-refractivity contribution in [1.82, 2.24) is 9.80 Å². The Labute approximate surface area is 149 Å². The van der Waals surface area contributed by atoms with E-state index in [4.69, 9.17) is 4.74 Å². The van der Waals surface area contributed by atoms with E-state index in [1.54, 1.807) is 7.11 Å². The molecular formula is C20H26N2O3. The Kier molecular flexibility index (Phi) is 5.11. The predicted molar refractivity (Wildman–Crippen MR) is 96.9 cm³/mol. The van der Waals surface area contributed by atoms with Crippen LogP contribution in [0.2, 0.25) is 0 Å². The van der Waals surface area contributed by atoms with Gasteiger partial charge in [0.15, 0.2) is 0 Å². The van der Waals surface area contributed by atoms with Crippen LogP contribution in [0.5, 0.6) is 5.75 Å². The molecule has 5 heteroatoms. The molecule has 5 nitrogen and oxygen atoms in total. The fraction of sp³-hybridized carbons (Fsp3) is 0.500. The van der Waals surface area contributed by atoms with Crippen molar-refractivity contribution >= 4 is 17.4 Å². The average Bonchev–Trinajstić information content (AvgIpc) is 2.86. The zero-order valence-corrected chi connectivity index (χ0v) is 15.2. The minimum atomic E-state index is -0.204. The zero-order chi connectivity index (χ0) is 18.0. The van der Waals surface area contributed by atoms with Crippen LogP contribution in [0.4, 0.5) is 0 Å². The van der Waals surface area contributed by atoms with E-state index in [2.05, 4.69) is 11.8 Å². The van der Waals surface area contributed by atoms with Crippen molar-refractivity contribution < 1.29 is 14.3 Å². The minimum absolute atomic E-state index is 0.165. The van der Waals surface area contributed by atoms with E-state index in [0.29, 0.717) is 35.0 Å². The van der Waals surface area contributed by atoms with Gasteiger partial charge in [0.2, 0.25) is 0 Å². The number of hydrogen-bond acceptors (Lipinski definition) is 4. The molecule has 2 heterocycles. The number of benzene rings is 1. The topological polar surface area (TPSA) is 49.9 Å². The van der Waals surface area contributed by atoms with Crippen molar-refractivity contribution in [2.75, 3.05) is 26.7 Å². The van der Waals surface area contributed by atoms with Crippen LogP contribution in [0.15, 0.2) is 30.0 Å². The van der Waals surface area contributed by atoms with E-state index in [9.17, 15) is 9.59 Å². The van der Waals surface area contributed by atoms with Gasteiger partial charge in [-0.15, -0.1) is 0 Å². The van der Waals surface area contributed by atoms with Gasteiger partial charge < -0.3 is 9.64 Å². The average molecular weight is 342 g/mol. The molecular weight excluding hydrogens is 316 g/mol. The number of rotatable bonds is 5. The summed E-state index contributed by atoms with van der Waals surface area (Å²) in [6.45, 7) is 6.25. The first-order chi connectivity index (χ1) is 12.1. The summed E-state index contributed by atoms with van der Waals surface area (Å²) in [6, 6.07) is 7.44. The second-order valence-corrected chi connectivity index (χ2v) is 6.88. The first kappa shape index (κ1) is 17.5. The standard InChI is InChI=1S/C20H26N2O3/c1-4-11-22-19(23)17(15-9-5-6-10-16(15)25-3)18(20(22)24)21-12-7-8-14(2)13-21/h5-6,9-10,14H,4,7-8,11-13H2,1-3H3. The summed E-state index contributed by atoms with van der Waals surface area (Å²) in [4.78, 5) is 29.6. The Morgan fingerprint density at radius 2 is 1.96 bits per heavy atom. The number of para-hydroxylation sites is 1. The quantitative estimate of drug-likeness (QED) is 0.772. The van der Waals surface area contributed by atoms with Gasteiger partial charge in [-0.2, -0.15) is 0 Å². The molecule has 1 aromatic rings. The van der Waals surface area contributed by atoms with E-state index < -0.39 is 0 Å². The minimum Gasteiger partial charge on any atom is -0.496 e. The summed E-state index contributed by atoms with van der Waals surface area (Å²) in [5.41, 5.74) is 1.75. The van der Waals surface area contributed by atoms with E-state index >= 15 is 0 Å². The summed E-state index contributed by atoms with van der Waals surface area (Å²) in [5, 5.41) is 0. The summed E-state index contributed by atoms with van der Waals surface area (Å²) in [5.74, 6) is 0.772. The van der Waals surface area contributed by atoms with Crippen molar-refractivity contribution in [1.29, 1.82) is 0 Å². The second kappa shape index (κ2) is 7.30. The molecule has 0 spiro atoms. The van der Waals surface area contributed by atoms with Crippen LogP contribution < -0.4 is 4.74 Å². The molecule has 3 rings (SSSR count). The van der Waals surface area contributed by atoms with Gasteiger partial charge in [-0.1, -0.05) is 32.0 Å². The molecule has 1 saturated heterocycles. The first-order valence-electron chi connectivity index (χ1n) is 9.07. The third kappa shape index (κ3) is 3.15. The molecule has 25 heavy (non-hydrogen) atoms. The highest BCUT2D eigenvalue weighted by Crippen LogP contribution is 2.37. The number of hydrogen-bond donors (Lipinski definition) is 0. The molecule has 1 aromatic carbocycles. The van der Waals surface area contributed by atoms with Crippen LogP contribution >= 0.6 is 0 Å². The Bertz CT molecular complexity index is 711. The maximum Gasteiger partial charge on any atom is 0.277 e. The van der Waals surface area contributed by atoms with E-state index in [0.717, 1.165) is 32.4 Å². The van der Waals surface area contributed by atoms with Gasteiger partial charge in [0.25, 0.3) is 11.8 Å². The predicted octanol–water partition coefficient (Wildman–Crippen LogP) is 2.92. The van der Waals surface area contributed by atoms with Crippen molar-refractivity contribution in [3.8, 4) is 5.75 Å². The highest BCUT2D eigenvalue weighted by molar-refractivity contribution is 6.36. The van der Waals surface area contributed by atoms with E-state index in [-0.39, 0.29) is 11.8 Å². The smallest absolute Gasteiger partial charge is 0.277 e. The highest BCUT2D eigenvalue weighted by atomic mass is 16.5. The van der Waals surface area contributed by atoms with Gasteiger partial charge in [0.05, 0.1) is 12.7 Å². The second-order valence-electron chi connectivity index (χ2n) is 6.88. The maximum absolute atomic E-state index is 13.1. The van der Waals surface area contributed by atoms with Gasteiger partial charge in [0, 0.05) is 25.2 Å². The summed E-state index contributed by atoms with van der Waals surface area (Å²) in [6.07, 6.45) is 2.95. The van der Waals surface area contributed by atoms with E-state index in [1.807, 2.05) is 31.2 Å². The Balaban J connectivity index is 2.12. The van der Waals surface area contributed by atoms with Crippen LogP contribution in [0.3, 0.4) is 0 Å². The van der Waals surface area contributed by atoms with Gasteiger partial charge in [-0.05, 0) is 31.2 Å². The SMILES string of the molecule is CCCN1C(=O)C(c2ccccc2OC)=C(N2CCCC(C)C2)C1=O. The fourth-order valence-electron chi connectivity index (χ4n) is 3.77. The third-order valence-corrected chi connectivity index (χ3v) is 4.94. The Morgan fingerprint density at radius 3 is 2.64 bits per heavy atom. The number of methoxy groups -OCH3 is 1. The third-order valence-electron chi connectivity index (χ3n) is 4.94. The van der Waals surface area contributed by atoms with Gasteiger partial charge in [-0.25, -0.2) is 0 Å². The van der Waals surface area contributed by atoms with Crippen LogP contribution in [0, 0.1) is 5.92 Å². The van der Waals surface area contributed by atoms with Gasteiger partial charge in [0.1, 0.15) is 11.4 Å². The number of likely N-dealkylation sites (tertiary alicyclic amines) is 1. The molecule has 1 atom stereocenters. The van der Waals surface area contributed by atoms with Crippen LogP contribution in [0.1, 0.15) is 38.7 Å². The normalized spacial score (nSPS) is 21.3. The lowest BCUT2D eigenvalue weighted by molar-refractivity contribution is -0.137. The molecule has 2 aliphatic rings. The maximum atomic E-state index is 13.1. The highest BCUT2D eigenvalue weighted by Gasteiger charge is 2.42. The molecule has 0 bridgehead atoms. The van der Waals surface area contributed by atoms with Gasteiger partial charge >= 0.3 is 0 Å².